The highest BCUT2D eigenvalue weighted by atomic mass is 32.1. The highest BCUT2D eigenvalue weighted by molar-refractivity contribution is 7.22. The van der Waals surface area contributed by atoms with Crippen molar-refractivity contribution in [2.75, 3.05) is 49.1 Å². The molecule has 2 aliphatic heterocycles. The van der Waals surface area contributed by atoms with E-state index in [-0.39, 0.29) is 17.6 Å². The minimum absolute atomic E-state index is 0.0390. The molecule has 6 nitrogen and oxygen atoms in total. The van der Waals surface area contributed by atoms with Crippen molar-refractivity contribution in [3.05, 3.63) is 54.1 Å². The van der Waals surface area contributed by atoms with Gasteiger partial charge in [0.05, 0.1) is 16.1 Å². The number of thiazole rings is 1. The van der Waals surface area contributed by atoms with Crippen LogP contribution in [-0.2, 0) is 4.79 Å². The molecule has 0 N–H and O–H groups in total. The molecule has 5 rings (SSSR count). The van der Waals surface area contributed by atoms with Crippen molar-refractivity contribution < 1.29 is 9.59 Å². The first-order chi connectivity index (χ1) is 15.6. The SMILES string of the molecule is CC(=O)c1ccc(N2CCN(C(=O)C3CCCN(c4nc5ccccc5s4)C3)CC2)cc1. The van der Waals surface area contributed by atoms with E-state index in [1.54, 1.807) is 18.3 Å². The van der Waals surface area contributed by atoms with Gasteiger partial charge >= 0.3 is 0 Å². The van der Waals surface area contributed by atoms with Crippen LogP contribution in [0.25, 0.3) is 10.2 Å². The normalized spacial score (nSPS) is 19.4. The number of carbonyl (C=O) groups excluding carboxylic acids is 2. The van der Waals surface area contributed by atoms with E-state index in [0.29, 0.717) is 0 Å². The third-order valence-electron chi connectivity index (χ3n) is 6.55. The summed E-state index contributed by atoms with van der Waals surface area (Å²) in [7, 11) is 0. The Balaban J connectivity index is 1.19. The summed E-state index contributed by atoms with van der Waals surface area (Å²) in [6.07, 6.45) is 1.97. The van der Waals surface area contributed by atoms with Crippen molar-refractivity contribution in [1.29, 1.82) is 0 Å². The molecule has 1 aromatic heterocycles. The fraction of sp³-hybridized carbons (Fsp3) is 0.400. The number of fused-ring (bicyclic) bond motifs is 1. The quantitative estimate of drug-likeness (QED) is 0.564. The van der Waals surface area contributed by atoms with Gasteiger partial charge in [0.1, 0.15) is 0 Å². The number of anilines is 2. The topological polar surface area (TPSA) is 56.8 Å². The molecule has 0 bridgehead atoms. The van der Waals surface area contributed by atoms with Crippen molar-refractivity contribution in [3.8, 4) is 0 Å². The number of piperazine rings is 1. The second-order valence-electron chi connectivity index (χ2n) is 8.66. The Labute approximate surface area is 192 Å². The first-order valence-corrected chi connectivity index (χ1v) is 12.2. The van der Waals surface area contributed by atoms with Crippen LogP contribution in [0.15, 0.2) is 48.5 Å². The zero-order valence-corrected chi connectivity index (χ0v) is 19.2. The standard InChI is InChI=1S/C25H28N4O2S/c1-18(30)19-8-10-21(11-9-19)27-13-15-28(16-14-27)24(31)20-5-4-12-29(17-20)25-26-22-6-2-3-7-23(22)32-25/h2-3,6-11,20H,4-5,12-17H2,1H3. The lowest BCUT2D eigenvalue weighted by atomic mass is 9.96. The molecule has 166 valence electrons. The molecular weight excluding hydrogens is 420 g/mol. The van der Waals surface area contributed by atoms with Crippen LogP contribution in [0.5, 0.6) is 0 Å². The van der Waals surface area contributed by atoms with E-state index in [9.17, 15) is 9.59 Å². The Hall–Kier alpha value is -2.93. The fourth-order valence-electron chi connectivity index (χ4n) is 4.70. The van der Waals surface area contributed by atoms with Crippen LogP contribution in [0.4, 0.5) is 10.8 Å². The van der Waals surface area contributed by atoms with Gasteiger partial charge in [-0.3, -0.25) is 9.59 Å². The number of amides is 1. The molecule has 3 aromatic rings. The molecule has 0 saturated carbocycles. The summed E-state index contributed by atoms with van der Waals surface area (Å²) < 4.78 is 1.20. The van der Waals surface area contributed by atoms with Gasteiger partial charge in [0.2, 0.25) is 5.91 Å². The predicted octanol–water partition coefficient (Wildman–Crippen LogP) is 4.06. The Kier molecular flexibility index (Phi) is 5.83. The van der Waals surface area contributed by atoms with Gasteiger partial charge in [0.15, 0.2) is 10.9 Å². The molecule has 1 atom stereocenters. The van der Waals surface area contributed by atoms with Crippen molar-refractivity contribution in [1.82, 2.24) is 9.88 Å². The van der Waals surface area contributed by atoms with E-state index in [0.717, 1.165) is 74.0 Å². The molecule has 2 fully saturated rings. The van der Waals surface area contributed by atoms with Gasteiger partial charge in [-0.2, -0.15) is 0 Å². The van der Waals surface area contributed by atoms with Gasteiger partial charge in [-0.05, 0) is 56.2 Å². The highest BCUT2D eigenvalue weighted by Crippen LogP contribution is 2.32. The Morgan fingerprint density at radius 3 is 2.41 bits per heavy atom. The molecule has 1 amide bonds. The number of hydrogen-bond acceptors (Lipinski definition) is 6. The fourth-order valence-corrected chi connectivity index (χ4v) is 5.70. The van der Waals surface area contributed by atoms with E-state index < -0.39 is 0 Å². The lowest BCUT2D eigenvalue weighted by molar-refractivity contribution is -0.136. The highest BCUT2D eigenvalue weighted by Gasteiger charge is 2.32. The van der Waals surface area contributed by atoms with Crippen LogP contribution in [-0.4, -0.2) is 60.8 Å². The van der Waals surface area contributed by atoms with Gasteiger partial charge in [0, 0.05) is 50.5 Å². The summed E-state index contributed by atoms with van der Waals surface area (Å²) in [5, 5.41) is 1.03. The minimum Gasteiger partial charge on any atom is -0.368 e. The summed E-state index contributed by atoms with van der Waals surface area (Å²) in [6.45, 7) is 6.43. The number of nitrogens with zero attached hydrogens (tertiary/aromatic N) is 4. The number of hydrogen-bond donors (Lipinski definition) is 0. The van der Waals surface area contributed by atoms with E-state index >= 15 is 0 Å². The molecule has 1 unspecified atom stereocenters. The number of rotatable bonds is 4. The Morgan fingerprint density at radius 2 is 1.69 bits per heavy atom. The van der Waals surface area contributed by atoms with Crippen molar-refractivity contribution in [2.24, 2.45) is 5.92 Å². The van der Waals surface area contributed by atoms with Gasteiger partial charge in [-0.25, -0.2) is 4.98 Å². The molecule has 32 heavy (non-hydrogen) atoms. The minimum atomic E-state index is 0.0390. The average Bonchev–Trinajstić information content (AvgIpc) is 3.28. The average molecular weight is 449 g/mol. The smallest absolute Gasteiger partial charge is 0.227 e. The van der Waals surface area contributed by atoms with Crippen LogP contribution in [0, 0.1) is 5.92 Å². The molecule has 3 heterocycles. The third-order valence-corrected chi connectivity index (χ3v) is 7.65. The van der Waals surface area contributed by atoms with Gasteiger partial charge < -0.3 is 14.7 Å². The van der Waals surface area contributed by atoms with E-state index in [4.69, 9.17) is 4.98 Å². The number of ketones is 1. The summed E-state index contributed by atoms with van der Waals surface area (Å²) in [5.74, 6) is 0.402. The Bertz CT molecular complexity index is 1090. The zero-order chi connectivity index (χ0) is 22.1. The summed E-state index contributed by atoms with van der Waals surface area (Å²) >= 11 is 1.72. The third kappa shape index (κ3) is 4.21. The summed E-state index contributed by atoms with van der Waals surface area (Å²) in [4.78, 5) is 36.2. The number of aromatic nitrogens is 1. The second kappa shape index (κ2) is 8.90. The summed E-state index contributed by atoms with van der Waals surface area (Å²) in [6, 6.07) is 16.0. The van der Waals surface area contributed by atoms with Crippen molar-refractivity contribution in [3.63, 3.8) is 0 Å². The summed E-state index contributed by atoms with van der Waals surface area (Å²) in [5.41, 5.74) is 2.88. The van der Waals surface area contributed by atoms with E-state index in [2.05, 4.69) is 21.9 Å². The molecule has 2 aromatic carbocycles. The molecule has 0 radical (unpaired) electrons. The number of carbonyl (C=O) groups is 2. The lowest BCUT2D eigenvalue weighted by Gasteiger charge is -2.39. The van der Waals surface area contributed by atoms with E-state index in [1.807, 2.05) is 41.3 Å². The number of piperidine rings is 1. The molecular formula is C25H28N4O2S. The molecule has 0 aliphatic carbocycles. The predicted molar refractivity (Wildman–Crippen MR) is 130 cm³/mol. The van der Waals surface area contributed by atoms with Crippen molar-refractivity contribution in [2.45, 2.75) is 19.8 Å². The lowest BCUT2D eigenvalue weighted by Crippen LogP contribution is -2.52. The molecule has 0 spiro atoms. The van der Waals surface area contributed by atoms with Crippen LogP contribution in [0.1, 0.15) is 30.1 Å². The first kappa shape index (κ1) is 20.9. The Morgan fingerprint density at radius 1 is 0.938 bits per heavy atom. The maximum Gasteiger partial charge on any atom is 0.227 e. The maximum atomic E-state index is 13.3. The number of Topliss-reactive ketones (excluding diaryl/α,β-unsaturated/α-hetero) is 1. The largest absolute Gasteiger partial charge is 0.368 e. The van der Waals surface area contributed by atoms with Crippen LogP contribution < -0.4 is 9.80 Å². The van der Waals surface area contributed by atoms with E-state index in [1.165, 1.54) is 4.70 Å². The maximum absolute atomic E-state index is 13.3. The monoisotopic (exact) mass is 448 g/mol. The van der Waals surface area contributed by atoms with Crippen LogP contribution in [0.2, 0.25) is 0 Å². The van der Waals surface area contributed by atoms with Gasteiger partial charge in [-0.15, -0.1) is 0 Å². The molecule has 2 aliphatic rings. The van der Waals surface area contributed by atoms with Crippen molar-refractivity contribution >= 4 is 44.1 Å². The molecule has 2 saturated heterocycles. The van der Waals surface area contributed by atoms with Gasteiger partial charge in [-0.1, -0.05) is 23.5 Å². The number of para-hydroxylation sites is 1. The second-order valence-corrected chi connectivity index (χ2v) is 9.67. The zero-order valence-electron chi connectivity index (χ0n) is 18.4. The number of benzene rings is 2. The van der Waals surface area contributed by atoms with Crippen LogP contribution >= 0.6 is 11.3 Å². The molecule has 7 heteroatoms. The van der Waals surface area contributed by atoms with Gasteiger partial charge in [0.25, 0.3) is 0 Å². The first-order valence-electron chi connectivity index (χ1n) is 11.3. The van der Waals surface area contributed by atoms with Crippen LogP contribution in [0.3, 0.4) is 0 Å².